The first kappa shape index (κ1) is 27.1. The number of hydrogen-bond donors (Lipinski definition) is 1. The Bertz CT molecular complexity index is 1650. The Labute approximate surface area is 237 Å². The molecule has 0 bridgehead atoms. The van der Waals surface area contributed by atoms with Crippen molar-refractivity contribution >= 4 is 45.0 Å². The van der Waals surface area contributed by atoms with Crippen LogP contribution >= 0.6 is 11.3 Å². The van der Waals surface area contributed by atoms with E-state index in [2.05, 4.69) is 9.97 Å². The van der Waals surface area contributed by atoms with E-state index in [1.807, 2.05) is 0 Å². The molecule has 0 saturated carbocycles. The number of alkyl halides is 3. The van der Waals surface area contributed by atoms with Gasteiger partial charge in [0.15, 0.2) is 5.78 Å². The smallest absolute Gasteiger partial charge is 0.384 e. The van der Waals surface area contributed by atoms with Crippen LogP contribution in [0.1, 0.15) is 32.8 Å². The molecule has 11 heteroatoms. The molecule has 6 rings (SSSR count). The molecule has 2 N–H and O–H groups in total. The number of ether oxygens (including phenoxy) is 1. The Morgan fingerprint density at radius 3 is 2.51 bits per heavy atom. The summed E-state index contributed by atoms with van der Waals surface area (Å²) in [5.41, 5.74) is 6.66. The summed E-state index contributed by atoms with van der Waals surface area (Å²) in [6.45, 7) is 2.61. The van der Waals surface area contributed by atoms with Gasteiger partial charge < -0.3 is 15.4 Å². The number of nitrogens with two attached hydrogens (primary N) is 1. The third-order valence-electron chi connectivity index (χ3n) is 7.32. The number of anilines is 1. The van der Waals surface area contributed by atoms with Crippen LogP contribution in [0, 0.1) is 5.41 Å². The second-order valence-corrected chi connectivity index (χ2v) is 11.7. The van der Waals surface area contributed by atoms with Crippen molar-refractivity contribution in [1.82, 2.24) is 14.9 Å². The number of carbonyl (C=O) groups excluding carboxylic acids is 2. The molecule has 41 heavy (non-hydrogen) atoms. The molecule has 0 unspecified atom stereocenters. The van der Waals surface area contributed by atoms with Crippen LogP contribution in [0.4, 0.5) is 19.0 Å². The highest BCUT2D eigenvalue weighted by Crippen LogP contribution is 2.42. The number of fused-ring (bicyclic) bond motifs is 1. The molecule has 3 aromatic heterocycles. The van der Waals surface area contributed by atoms with Crippen LogP contribution in [0.2, 0.25) is 0 Å². The maximum Gasteiger partial charge on any atom is 0.417 e. The lowest BCUT2D eigenvalue weighted by atomic mass is 9.78. The van der Waals surface area contributed by atoms with Crippen molar-refractivity contribution in [2.24, 2.45) is 5.41 Å². The first-order valence-corrected chi connectivity index (χ1v) is 13.8. The first-order chi connectivity index (χ1) is 19.6. The van der Waals surface area contributed by atoms with Gasteiger partial charge in [-0.25, -0.2) is 4.98 Å². The second kappa shape index (κ2) is 10.4. The van der Waals surface area contributed by atoms with Gasteiger partial charge >= 0.3 is 6.18 Å². The van der Waals surface area contributed by atoms with E-state index in [4.69, 9.17) is 10.5 Å². The number of likely N-dealkylation sites (tertiary alicyclic amines) is 1. The van der Waals surface area contributed by atoms with Gasteiger partial charge in [-0.1, -0.05) is 0 Å². The number of pyridine rings is 2. The summed E-state index contributed by atoms with van der Waals surface area (Å²) < 4.78 is 47.6. The van der Waals surface area contributed by atoms with Crippen molar-refractivity contribution < 1.29 is 27.5 Å². The Balaban J connectivity index is 1.18. The summed E-state index contributed by atoms with van der Waals surface area (Å²) in [6.07, 6.45) is 1.92. The molecule has 4 aromatic rings. The molecule has 7 nitrogen and oxygen atoms in total. The second-order valence-electron chi connectivity index (χ2n) is 10.6. The van der Waals surface area contributed by atoms with Crippen molar-refractivity contribution in [3.63, 3.8) is 0 Å². The molecule has 2 aliphatic rings. The lowest BCUT2D eigenvalue weighted by molar-refractivity contribution is -0.176. The Morgan fingerprint density at radius 2 is 1.88 bits per heavy atom. The van der Waals surface area contributed by atoms with Gasteiger partial charge in [0.1, 0.15) is 5.82 Å². The van der Waals surface area contributed by atoms with Crippen LogP contribution in [-0.4, -0.2) is 52.9 Å². The highest BCUT2D eigenvalue weighted by molar-refractivity contribution is 7.19. The summed E-state index contributed by atoms with van der Waals surface area (Å²) in [5.74, 6) is 0.0803. The fourth-order valence-corrected chi connectivity index (χ4v) is 6.25. The minimum atomic E-state index is -4.57. The molecule has 1 aromatic carbocycles. The van der Waals surface area contributed by atoms with Crippen molar-refractivity contribution in [2.45, 2.75) is 19.0 Å². The number of hydrogen-bond acceptors (Lipinski definition) is 7. The zero-order valence-corrected chi connectivity index (χ0v) is 22.6. The molecule has 2 aliphatic heterocycles. The van der Waals surface area contributed by atoms with E-state index in [0.29, 0.717) is 65.6 Å². The van der Waals surface area contributed by atoms with Crippen LogP contribution in [0.3, 0.4) is 0 Å². The van der Waals surface area contributed by atoms with Crippen LogP contribution in [0.15, 0.2) is 60.9 Å². The van der Waals surface area contributed by atoms with Crippen LogP contribution in [-0.2, 0) is 22.1 Å². The zero-order chi connectivity index (χ0) is 28.8. The number of rotatable bonds is 7. The molecule has 0 aliphatic carbocycles. The van der Waals surface area contributed by atoms with E-state index in [-0.39, 0.29) is 28.2 Å². The molecule has 210 valence electrons. The van der Waals surface area contributed by atoms with E-state index in [1.54, 1.807) is 53.6 Å². The molecule has 2 fully saturated rings. The molecule has 0 atom stereocenters. The highest BCUT2D eigenvalue weighted by Gasteiger charge is 2.50. The number of thiophene rings is 1. The van der Waals surface area contributed by atoms with E-state index >= 15 is 0 Å². The molecule has 1 amide bonds. The number of carbonyl (C=O) groups is 2. The number of aromatic nitrogens is 2. The summed E-state index contributed by atoms with van der Waals surface area (Å²) in [4.78, 5) is 35.8. The number of amides is 1. The summed E-state index contributed by atoms with van der Waals surface area (Å²) in [7, 11) is 0. The summed E-state index contributed by atoms with van der Waals surface area (Å²) in [5, 5.41) is 0.432. The van der Waals surface area contributed by atoms with Gasteiger partial charge in [0.25, 0.3) is 5.91 Å². The number of allylic oxidation sites excluding steroid dienone is 1. The average molecular weight is 579 g/mol. The van der Waals surface area contributed by atoms with E-state index in [1.165, 1.54) is 12.3 Å². The SMILES string of the molecule is Nc1ccc(/C=C/C(=O)CCc2cc3cc(-c4ccc(C(=O)N5CC6(COC6)C5)cn4)cc(C(F)(F)F)c3s2)cn1. The van der Waals surface area contributed by atoms with Crippen molar-refractivity contribution in [1.29, 1.82) is 0 Å². The maximum absolute atomic E-state index is 14.1. The number of nitrogen functional groups attached to an aromatic ring is 1. The van der Waals surface area contributed by atoms with Gasteiger partial charge in [0.2, 0.25) is 0 Å². The van der Waals surface area contributed by atoms with E-state index < -0.39 is 11.7 Å². The molecular weight excluding hydrogens is 553 g/mol. The molecular formula is C30H25F3N4O3S. The Hall–Kier alpha value is -4.09. The predicted molar refractivity (Wildman–Crippen MR) is 150 cm³/mol. The summed E-state index contributed by atoms with van der Waals surface area (Å²) in [6, 6.07) is 11.0. The third kappa shape index (κ3) is 5.59. The van der Waals surface area contributed by atoms with Crippen LogP contribution in [0.5, 0.6) is 0 Å². The highest BCUT2D eigenvalue weighted by atomic mass is 32.1. The number of benzene rings is 1. The Kier molecular flexibility index (Phi) is 6.87. The fourth-order valence-electron chi connectivity index (χ4n) is 5.08. The van der Waals surface area contributed by atoms with Gasteiger partial charge in [-0.3, -0.25) is 14.6 Å². The lowest BCUT2D eigenvalue weighted by Gasteiger charge is -2.54. The van der Waals surface area contributed by atoms with Crippen molar-refractivity contribution in [2.75, 3.05) is 32.0 Å². The van der Waals surface area contributed by atoms with Crippen molar-refractivity contribution in [3.8, 4) is 11.3 Å². The normalized spacial score (nSPS) is 16.2. The topological polar surface area (TPSA) is 98.4 Å². The minimum absolute atomic E-state index is 0.0884. The van der Waals surface area contributed by atoms with Crippen LogP contribution < -0.4 is 5.73 Å². The molecule has 1 spiro atoms. The first-order valence-electron chi connectivity index (χ1n) is 13.0. The number of aryl methyl sites for hydroxylation is 1. The Morgan fingerprint density at radius 1 is 1.07 bits per heavy atom. The number of ketones is 1. The maximum atomic E-state index is 14.1. The van der Waals surface area contributed by atoms with Crippen LogP contribution in [0.25, 0.3) is 27.4 Å². The van der Waals surface area contributed by atoms with Gasteiger partial charge in [-0.2, -0.15) is 13.2 Å². The van der Waals surface area contributed by atoms with Gasteiger partial charge in [0.05, 0.1) is 35.4 Å². The monoisotopic (exact) mass is 578 g/mol. The molecule has 5 heterocycles. The third-order valence-corrected chi connectivity index (χ3v) is 8.57. The van der Waals surface area contributed by atoms with Gasteiger partial charge in [-0.05, 0) is 72.0 Å². The minimum Gasteiger partial charge on any atom is -0.384 e. The summed E-state index contributed by atoms with van der Waals surface area (Å²) >= 11 is 1.04. The molecule has 0 radical (unpaired) electrons. The standard InChI is InChI=1S/C30H25F3N4O3S/c31-30(32,33)24-11-20(25-7-3-19(13-35-25)28(39)37-14-29(15-37)16-40-17-29)9-21-10-23(41-27(21)24)6-5-22(38)4-1-18-2-8-26(34)36-12-18/h1-4,7-13H,5-6,14-17H2,(H2,34,36)/b4-1+. The van der Waals surface area contributed by atoms with Gasteiger partial charge in [-0.15, -0.1) is 11.3 Å². The lowest BCUT2D eigenvalue weighted by Crippen LogP contribution is -2.67. The van der Waals surface area contributed by atoms with Crippen molar-refractivity contribution in [3.05, 3.63) is 82.5 Å². The number of halogens is 3. The quantitative estimate of drug-likeness (QED) is 0.285. The predicted octanol–water partition coefficient (Wildman–Crippen LogP) is 5.65. The van der Waals surface area contributed by atoms with E-state index in [0.717, 1.165) is 23.0 Å². The molecule has 2 saturated heterocycles. The largest absolute Gasteiger partial charge is 0.417 e. The zero-order valence-electron chi connectivity index (χ0n) is 21.8. The van der Waals surface area contributed by atoms with Gasteiger partial charge in [0, 0.05) is 47.0 Å². The fraction of sp³-hybridized carbons (Fsp3) is 0.267. The van der Waals surface area contributed by atoms with E-state index in [9.17, 15) is 22.8 Å². The average Bonchev–Trinajstić information content (AvgIpc) is 3.32. The number of nitrogens with zero attached hydrogens (tertiary/aromatic N) is 3.